The maximum atomic E-state index is 12.2. The third-order valence-corrected chi connectivity index (χ3v) is 1.54. The van der Waals surface area contributed by atoms with Gasteiger partial charge in [-0.1, -0.05) is 6.07 Å². The summed E-state index contributed by atoms with van der Waals surface area (Å²) in [5.74, 6) is 0. The van der Waals surface area contributed by atoms with Crippen molar-refractivity contribution in [3.63, 3.8) is 0 Å². The summed E-state index contributed by atoms with van der Waals surface area (Å²) in [4.78, 5) is 0. The predicted molar refractivity (Wildman–Crippen MR) is 46.2 cm³/mol. The zero-order chi connectivity index (χ0) is 10.8. The third-order valence-electron chi connectivity index (χ3n) is 1.54. The van der Waals surface area contributed by atoms with E-state index in [0.29, 0.717) is 4.74 Å². The second-order valence-corrected chi connectivity index (χ2v) is 2.80. The van der Waals surface area contributed by atoms with Gasteiger partial charge in [-0.25, -0.2) is 4.74 Å². The Morgan fingerprint density at radius 2 is 2.00 bits per heavy atom. The number of benzene rings is 1. The number of alkyl halides is 3. The van der Waals surface area contributed by atoms with Crippen LogP contribution in [0, 0.1) is 5.21 Å². The first kappa shape index (κ1) is 10.6. The Kier molecular flexibility index (Phi) is 2.78. The number of hydrogen-bond acceptors (Lipinski definition) is 1. The molecule has 0 amide bonds. The van der Waals surface area contributed by atoms with E-state index in [1.54, 1.807) is 0 Å². The van der Waals surface area contributed by atoms with Crippen LogP contribution in [-0.4, -0.2) is 18.0 Å². The first-order valence-corrected chi connectivity index (χ1v) is 3.81. The van der Waals surface area contributed by atoms with Crippen molar-refractivity contribution in [2.24, 2.45) is 0 Å². The molecule has 2 nitrogen and oxygen atoms in total. The molecule has 5 heteroatoms. The summed E-state index contributed by atoms with van der Waals surface area (Å²) in [6.07, 6.45) is -3.29. The van der Waals surface area contributed by atoms with E-state index in [9.17, 15) is 18.4 Å². The minimum atomic E-state index is -4.37. The van der Waals surface area contributed by atoms with Gasteiger partial charge in [0.05, 0.1) is 5.56 Å². The Morgan fingerprint density at radius 1 is 1.36 bits per heavy atom. The molecule has 1 aromatic rings. The summed E-state index contributed by atoms with van der Waals surface area (Å²) in [7, 11) is 1.21. The highest BCUT2D eigenvalue weighted by molar-refractivity contribution is 5.75. The molecule has 1 rings (SSSR count). The van der Waals surface area contributed by atoms with E-state index >= 15 is 0 Å². The molecule has 0 unspecified atom stereocenters. The normalized spacial score (nSPS) is 13.0. The van der Waals surface area contributed by atoms with Crippen LogP contribution in [-0.2, 0) is 6.18 Å². The van der Waals surface area contributed by atoms with E-state index in [1.807, 2.05) is 0 Å². The molecular weight excluding hydrogens is 195 g/mol. The molecule has 0 N–H and O–H groups in total. The molecule has 0 radical (unpaired) electrons. The quantitative estimate of drug-likeness (QED) is 0.297. The Balaban J connectivity index is 3.08. The second-order valence-electron chi connectivity index (χ2n) is 2.80. The molecule has 0 aliphatic carbocycles. The maximum Gasteiger partial charge on any atom is 0.416 e. The number of hydroxylamine groups is 1. The molecule has 0 aliphatic heterocycles. The molecular formula is C9H8F3NO. The molecule has 0 atom stereocenters. The lowest BCUT2D eigenvalue weighted by Gasteiger charge is -2.06. The average molecular weight is 203 g/mol. The van der Waals surface area contributed by atoms with E-state index in [0.717, 1.165) is 18.3 Å². The highest BCUT2D eigenvalue weighted by Crippen LogP contribution is 2.29. The summed E-state index contributed by atoms with van der Waals surface area (Å²) in [6.45, 7) is 0. The van der Waals surface area contributed by atoms with E-state index in [1.165, 1.54) is 19.2 Å². The van der Waals surface area contributed by atoms with Crippen LogP contribution in [0.25, 0.3) is 0 Å². The summed E-state index contributed by atoms with van der Waals surface area (Å²) >= 11 is 0. The van der Waals surface area contributed by atoms with Crippen LogP contribution in [0.5, 0.6) is 0 Å². The van der Waals surface area contributed by atoms with Crippen LogP contribution < -0.4 is 0 Å². The van der Waals surface area contributed by atoms with Gasteiger partial charge in [0, 0.05) is 5.56 Å². The van der Waals surface area contributed by atoms with Gasteiger partial charge < -0.3 is 5.21 Å². The molecule has 0 bridgehead atoms. The van der Waals surface area contributed by atoms with Gasteiger partial charge in [-0.15, -0.1) is 0 Å². The van der Waals surface area contributed by atoms with Gasteiger partial charge in [-0.3, -0.25) is 0 Å². The fourth-order valence-corrected chi connectivity index (χ4v) is 1.01. The Hall–Kier alpha value is -1.52. The lowest BCUT2D eigenvalue weighted by Crippen LogP contribution is -2.06. The summed E-state index contributed by atoms with van der Waals surface area (Å²) < 4.78 is 37.1. The minimum absolute atomic E-state index is 0.234. The summed E-state index contributed by atoms with van der Waals surface area (Å²) in [5, 5.41) is 10.6. The van der Waals surface area contributed by atoms with Crippen molar-refractivity contribution in [3.8, 4) is 0 Å². The van der Waals surface area contributed by atoms with Crippen molar-refractivity contribution in [1.29, 1.82) is 0 Å². The van der Waals surface area contributed by atoms with Crippen LogP contribution in [0.4, 0.5) is 13.2 Å². The fraction of sp³-hybridized carbons (Fsp3) is 0.222. The third kappa shape index (κ3) is 2.76. The standard InChI is InChI=1S/C9H8F3NO/c1-13(14)6-7-3-2-4-8(5-7)9(10,11)12/h2-6H,1H3/b13-6+. The van der Waals surface area contributed by atoms with Gasteiger partial charge in [0.15, 0.2) is 6.21 Å². The van der Waals surface area contributed by atoms with Crippen LogP contribution in [0.3, 0.4) is 0 Å². The Labute approximate surface area is 78.9 Å². The zero-order valence-electron chi connectivity index (χ0n) is 7.38. The van der Waals surface area contributed by atoms with Crippen LogP contribution in [0.15, 0.2) is 24.3 Å². The lowest BCUT2D eigenvalue weighted by molar-refractivity contribution is -0.416. The van der Waals surface area contributed by atoms with Crippen LogP contribution >= 0.6 is 0 Å². The van der Waals surface area contributed by atoms with Gasteiger partial charge >= 0.3 is 6.18 Å². The number of nitrogens with zero attached hydrogens (tertiary/aromatic N) is 1. The zero-order valence-corrected chi connectivity index (χ0v) is 7.38. The van der Waals surface area contributed by atoms with Crippen molar-refractivity contribution >= 4 is 6.21 Å². The molecule has 0 saturated heterocycles. The highest BCUT2D eigenvalue weighted by Gasteiger charge is 2.30. The van der Waals surface area contributed by atoms with Crippen molar-refractivity contribution < 1.29 is 17.9 Å². The van der Waals surface area contributed by atoms with Crippen molar-refractivity contribution in [1.82, 2.24) is 0 Å². The molecule has 0 saturated carbocycles. The lowest BCUT2D eigenvalue weighted by atomic mass is 10.1. The van der Waals surface area contributed by atoms with E-state index in [-0.39, 0.29) is 5.56 Å². The van der Waals surface area contributed by atoms with Gasteiger partial charge in [0.25, 0.3) is 0 Å². The first-order valence-electron chi connectivity index (χ1n) is 3.81. The van der Waals surface area contributed by atoms with E-state index in [2.05, 4.69) is 0 Å². The molecule has 14 heavy (non-hydrogen) atoms. The summed E-state index contributed by atoms with van der Waals surface area (Å²) in [6, 6.07) is 4.58. The Morgan fingerprint density at radius 3 is 2.50 bits per heavy atom. The first-order chi connectivity index (χ1) is 6.39. The largest absolute Gasteiger partial charge is 0.624 e. The Bertz CT molecular complexity index is 353. The fourth-order valence-electron chi connectivity index (χ4n) is 1.01. The van der Waals surface area contributed by atoms with Gasteiger partial charge in [-0.05, 0) is 18.2 Å². The number of hydrogen-bond donors (Lipinski definition) is 0. The molecule has 1 aromatic carbocycles. The molecule has 0 spiro atoms. The minimum Gasteiger partial charge on any atom is -0.624 e. The van der Waals surface area contributed by atoms with Gasteiger partial charge in [0.2, 0.25) is 0 Å². The van der Waals surface area contributed by atoms with Crippen molar-refractivity contribution in [2.75, 3.05) is 7.05 Å². The van der Waals surface area contributed by atoms with Crippen molar-refractivity contribution in [2.45, 2.75) is 6.18 Å². The maximum absolute atomic E-state index is 12.2. The molecule has 76 valence electrons. The number of halogens is 3. The predicted octanol–water partition coefficient (Wildman–Crippen LogP) is 2.26. The second kappa shape index (κ2) is 3.69. The molecule has 0 aromatic heterocycles. The SMILES string of the molecule is C/[N+]([O-])=C\c1cccc(C(F)(F)F)c1. The average Bonchev–Trinajstić information content (AvgIpc) is 2.01. The highest BCUT2D eigenvalue weighted by atomic mass is 19.4. The topological polar surface area (TPSA) is 26.1 Å². The van der Waals surface area contributed by atoms with E-state index in [4.69, 9.17) is 0 Å². The summed E-state index contributed by atoms with van der Waals surface area (Å²) in [5.41, 5.74) is -0.523. The van der Waals surface area contributed by atoms with E-state index < -0.39 is 11.7 Å². The number of rotatable bonds is 1. The molecule has 0 aliphatic rings. The van der Waals surface area contributed by atoms with Crippen molar-refractivity contribution in [3.05, 3.63) is 40.6 Å². The monoisotopic (exact) mass is 203 g/mol. The van der Waals surface area contributed by atoms with Gasteiger partial charge in [0.1, 0.15) is 7.05 Å². The van der Waals surface area contributed by atoms with Crippen LogP contribution in [0.2, 0.25) is 0 Å². The molecule has 0 fully saturated rings. The van der Waals surface area contributed by atoms with Gasteiger partial charge in [-0.2, -0.15) is 13.2 Å². The van der Waals surface area contributed by atoms with Crippen LogP contribution in [0.1, 0.15) is 11.1 Å². The smallest absolute Gasteiger partial charge is 0.416 e. The molecule has 0 heterocycles.